The van der Waals surface area contributed by atoms with Crippen LogP contribution in [0.4, 0.5) is 21.9 Å². The zero-order valence-corrected chi connectivity index (χ0v) is 20.6. The highest BCUT2D eigenvalue weighted by Gasteiger charge is 2.41. The van der Waals surface area contributed by atoms with Gasteiger partial charge >= 0.3 is 6.03 Å². The lowest BCUT2D eigenvalue weighted by atomic mass is 9.94. The third-order valence-corrected chi connectivity index (χ3v) is 6.21. The minimum Gasteiger partial charge on any atom is -0.324 e. The van der Waals surface area contributed by atoms with Crippen molar-refractivity contribution in [3.63, 3.8) is 0 Å². The van der Waals surface area contributed by atoms with Crippen molar-refractivity contribution in [2.24, 2.45) is 11.3 Å². The average Bonchev–Trinajstić information content (AvgIpc) is 3.64. The molecule has 184 valence electrons. The molecule has 2 aromatic carbocycles. The van der Waals surface area contributed by atoms with E-state index in [9.17, 15) is 19.2 Å². The minimum atomic E-state index is -1.04. The smallest absolute Gasteiger partial charge is 0.319 e. The number of Topliss-reactive ketones (excluding diaryl/α,β-unsaturated/α-hetero) is 1. The summed E-state index contributed by atoms with van der Waals surface area (Å²) in [5.74, 6) is -0.637. The van der Waals surface area contributed by atoms with Crippen LogP contribution in [0.5, 0.6) is 0 Å². The summed E-state index contributed by atoms with van der Waals surface area (Å²) in [5, 5.41) is 5.51. The molecular weight excluding hydrogens is 444 g/mol. The van der Waals surface area contributed by atoms with Crippen LogP contribution in [-0.4, -0.2) is 42.8 Å². The van der Waals surface area contributed by atoms with Gasteiger partial charge in [-0.1, -0.05) is 45.0 Å². The standard InChI is InChI=1S/C27H32N4O4/c1-17-8-7-9-19(14-17)28-26(35)29-20-15-31(25(34)27(2,3)4)22-11-6-5-10-21(22)30(24(20)33)16-23(32)18-12-13-18/h5-11,14,18,20H,12-13,15-16H2,1-4H3,(H2,28,29,35). The van der Waals surface area contributed by atoms with Crippen LogP contribution in [0.2, 0.25) is 0 Å². The molecule has 2 N–H and O–H groups in total. The Bertz CT molecular complexity index is 1170. The number of nitrogens with zero attached hydrogens (tertiary/aromatic N) is 2. The molecule has 1 aliphatic carbocycles. The third kappa shape index (κ3) is 5.53. The van der Waals surface area contributed by atoms with Crippen molar-refractivity contribution in [3.05, 3.63) is 54.1 Å². The largest absolute Gasteiger partial charge is 0.324 e. The van der Waals surface area contributed by atoms with Crippen molar-refractivity contribution in [1.82, 2.24) is 5.32 Å². The van der Waals surface area contributed by atoms with Gasteiger partial charge in [-0.25, -0.2) is 4.79 Å². The lowest BCUT2D eigenvalue weighted by Crippen LogP contribution is -2.55. The van der Waals surface area contributed by atoms with Crippen LogP contribution in [0.3, 0.4) is 0 Å². The van der Waals surface area contributed by atoms with Gasteiger partial charge in [-0.05, 0) is 49.6 Å². The van der Waals surface area contributed by atoms with E-state index in [1.807, 2.05) is 45.9 Å². The summed E-state index contributed by atoms with van der Waals surface area (Å²) in [7, 11) is 0. The number of para-hydroxylation sites is 2. The molecule has 1 fully saturated rings. The molecule has 2 aliphatic rings. The summed E-state index contributed by atoms with van der Waals surface area (Å²) in [5.41, 5.74) is 1.90. The average molecular weight is 477 g/mol. The lowest BCUT2D eigenvalue weighted by molar-refractivity contribution is -0.126. The molecule has 8 nitrogen and oxygen atoms in total. The SMILES string of the molecule is Cc1cccc(NC(=O)NC2CN(C(=O)C(C)(C)C)c3ccccc3N(CC(=O)C3CC3)C2=O)c1. The van der Waals surface area contributed by atoms with Gasteiger partial charge < -0.3 is 20.4 Å². The number of amides is 4. The fourth-order valence-electron chi connectivity index (χ4n) is 4.19. The van der Waals surface area contributed by atoms with Gasteiger partial charge in [0.25, 0.3) is 5.91 Å². The van der Waals surface area contributed by atoms with E-state index in [0.717, 1.165) is 18.4 Å². The molecule has 1 atom stereocenters. The number of ketones is 1. The molecule has 2 aromatic rings. The topological polar surface area (TPSA) is 98.8 Å². The van der Waals surface area contributed by atoms with E-state index in [-0.39, 0.29) is 30.7 Å². The van der Waals surface area contributed by atoms with Crippen molar-refractivity contribution < 1.29 is 19.2 Å². The number of anilines is 3. The lowest BCUT2D eigenvalue weighted by Gasteiger charge is -2.30. The Balaban J connectivity index is 1.67. The van der Waals surface area contributed by atoms with Gasteiger partial charge in [-0.15, -0.1) is 0 Å². The summed E-state index contributed by atoms with van der Waals surface area (Å²) in [4.78, 5) is 55.8. The molecule has 0 radical (unpaired) electrons. The van der Waals surface area contributed by atoms with Crippen molar-refractivity contribution in [1.29, 1.82) is 0 Å². The molecule has 8 heteroatoms. The maximum absolute atomic E-state index is 13.7. The van der Waals surface area contributed by atoms with Gasteiger partial charge in [-0.3, -0.25) is 14.4 Å². The number of hydrogen-bond acceptors (Lipinski definition) is 4. The molecule has 35 heavy (non-hydrogen) atoms. The highest BCUT2D eigenvalue weighted by Crippen LogP contribution is 2.37. The van der Waals surface area contributed by atoms with Crippen LogP contribution in [0, 0.1) is 18.3 Å². The predicted octanol–water partition coefficient (Wildman–Crippen LogP) is 3.89. The number of benzene rings is 2. The first kappa shape index (κ1) is 24.4. The Hall–Kier alpha value is -3.68. The zero-order chi connectivity index (χ0) is 25.3. The molecule has 0 saturated heterocycles. The number of urea groups is 1. The van der Waals surface area contributed by atoms with E-state index < -0.39 is 23.4 Å². The fourth-order valence-corrected chi connectivity index (χ4v) is 4.19. The van der Waals surface area contributed by atoms with E-state index in [0.29, 0.717) is 17.1 Å². The number of aryl methyl sites for hydroxylation is 1. The summed E-state index contributed by atoms with van der Waals surface area (Å²) in [6.07, 6.45) is 1.66. The minimum absolute atomic E-state index is 0.00767. The highest BCUT2D eigenvalue weighted by atomic mass is 16.2. The van der Waals surface area contributed by atoms with Crippen LogP contribution in [0.1, 0.15) is 39.2 Å². The van der Waals surface area contributed by atoms with Crippen LogP contribution in [-0.2, 0) is 14.4 Å². The Kier molecular flexibility index (Phi) is 6.65. The van der Waals surface area contributed by atoms with E-state index in [1.54, 1.807) is 35.2 Å². The third-order valence-electron chi connectivity index (χ3n) is 6.21. The maximum atomic E-state index is 13.7. The Morgan fingerprint density at radius 2 is 1.69 bits per heavy atom. The zero-order valence-electron chi connectivity index (χ0n) is 20.6. The number of nitrogens with one attached hydrogen (secondary N) is 2. The molecule has 1 heterocycles. The number of rotatable bonds is 5. The quantitative estimate of drug-likeness (QED) is 0.684. The first-order valence-electron chi connectivity index (χ1n) is 11.9. The van der Waals surface area contributed by atoms with E-state index in [4.69, 9.17) is 0 Å². The van der Waals surface area contributed by atoms with Crippen molar-refractivity contribution in [2.45, 2.75) is 46.6 Å². The van der Waals surface area contributed by atoms with Crippen LogP contribution >= 0.6 is 0 Å². The van der Waals surface area contributed by atoms with Gasteiger partial charge in [0.15, 0.2) is 5.78 Å². The highest BCUT2D eigenvalue weighted by molar-refractivity contribution is 6.11. The molecule has 4 amide bonds. The number of carbonyl (C=O) groups excluding carboxylic acids is 4. The van der Waals surface area contributed by atoms with Gasteiger partial charge in [0, 0.05) is 17.0 Å². The second-order valence-corrected chi connectivity index (χ2v) is 10.3. The van der Waals surface area contributed by atoms with E-state index >= 15 is 0 Å². The van der Waals surface area contributed by atoms with Gasteiger partial charge in [0.1, 0.15) is 6.04 Å². The number of fused-ring (bicyclic) bond motifs is 1. The molecule has 1 unspecified atom stereocenters. The Morgan fingerprint density at radius 1 is 1.00 bits per heavy atom. The van der Waals surface area contributed by atoms with Crippen molar-refractivity contribution >= 4 is 40.7 Å². The van der Waals surface area contributed by atoms with Crippen LogP contribution in [0.25, 0.3) is 0 Å². The summed E-state index contributed by atoms with van der Waals surface area (Å²) < 4.78 is 0. The van der Waals surface area contributed by atoms with Crippen LogP contribution < -0.4 is 20.4 Å². The molecule has 0 bridgehead atoms. The second-order valence-electron chi connectivity index (χ2n) is 10.3. The maximum Gasteiger partial charge on any atom is 0.319 e. The van der Waals surface area contributed by atoms with Crippen LogP contribution in [0.15, 0.2) is 48.5 Å². The monoisotopic (exact) mass is 476 g/mol. The van der Waals surface area contributed by atoms with Crippen molar-refractivity contribution in [3.8, 4) is 0 Å². The second kappa shape index (κ2) is 9.52. The Labute approximate surface area is 205 Å². The van der Waals surface area contributed by atoms with Gasteiger partial charge in [0.2, 0.25) is 5.91 Å². The molecule has 1 aliphatic heterocycles. The first-order chi connectivity index (χ1) is 16.5. The number of hydrogen-bond donors (Lipinski definition) is 2. The first-order valence-corrected chi connectivity index (χ1v) is 11.9. The molecule has 0 spiro atoms. The van der Waals surface area contributed by atoms with E-state index in [1.165, 1.54) is 4.90 Å². The summed E-state index contributed by atoms with van der Waals surface area (Å²) >= 11 is 0. The van der Waals surface area contributed by atoms with Gasteiger partial charge in [-0.2, -0.15) is 0 Å². The molecule has 0 aromatic heterocycles. The summed E-state index contributed by atoms with van der Waals surface area (Å²) in [6, 6.07) is 12.8. The molecule has 1 saturated carbocycles. The van der Waals surface area contributed by atoms with E-state index in [2.05, 4.69) is 10.6 Å². The van der Waals surface area contributed by atoms with Gasteiger partial charge in [0.05, 0.1) is 24.5 Å². The van der Waals surface area contributed by atoms with Crippen molar-refractivity contribution in [2.75, 3.05) is 28.2 Å². The fraction of sp³-hybridized carbons (Fsp3) is 0.407. The Morgan fingerprint density at radius 3 is 2.31 bits per heavy atom. The molecule has 4 rings (SSSR count). The molecular formula is C27H32N4O4. The normalized spacial score (nSPS) is 17.9. The number of carbonyl (C=O) groups is 4. The predicted molar refractivity (Wildman–Crippen MR) is 135 cm³/mol. The summed E-state index contributed by atoms with van der Waals surface area (Å²) in [6.45, 7) is 7.22.